The maximum absolute atomic E-state index is 13.0. The van der Waals surface area contributed by atoms with Gasteiger partial charge in [-0.25, -0.2) is 13.6 Å². The quantitative estimate of drug-likeness (QED) is 0.480. The van der Waals surface area contributed by atoms with E-state index in [4.69, 9.17) is 19.3 Å². The van der Waals surface area contributed by atoms with E-state index in [2.05, 4.69) is 0 Å². The second kappa shape index (κ2) is 9.60. The lowest BCUT2D eigenvalue weighted by atomic mass is 9.90. The SMILES string of the molecule is COCC=Cc1ccc(C2Oc3cccc(OC(F)F)c3-c3ccc(CS(N)(=O)=O)cc32)s1. The van der Waals surface area contributed by atoms with Crippen molar-refractivity contribution >= 4 is 27.4 Å². The predicted octanol–water partition coefficient (Wildman–Crippen LogP) is 4.95. The van der Waals surface area contributed by atoms with E-state index in [1.165, 1.54) is 17.4 Å². The molecule has 1 aromatic heterocycles. The van der Waals surface area contributed by atoms with Gasteiger partial charge in [0.1, 0.15) is 11.5 Å². The lowest BCUT2D eigenvalue weighted by Crippen LogP contribution is -2.18. The number of methoxy groups -OCH3 is 1. The highest BCUT2D eigenvalue weighted by Crippen LogP contribution is 2.50. The third kappa shape index (κ3) is 5.41. The van der Waals surface area contributed by atoms with E-state index in [1.54, 1.807) is 37.4 Å². The van der Waals surface area contributed by atoms with Crippen LogP contribution < -0.4 is 14.6 Å². The molecule has 4 rings (SSSR count). The van der Waals surface area contributed by atoms with E-state index in [0.29, 0.717) is 34.6 Å². The van der Waals surface area contributed by atoms with Gasteiger partial charge in [-0.1, -0.05) is 30.3 Å². The van der Waals surface area contributed by atoms with E-state index < -0.39 is 22.7 Å². The number of ether oxygens (including phenoxy) is 3. The summed E-state index contributed by atoms with van der Waals surface area (Å²) in [5.41, 5.74) is 2.13. The standard InChI is InChI=1S/C23H21F2NO5S2/c1-29-11-3-4-15-8-10-20(32-15)22-17-12-14(13-33(26,27)28)7-9-16(17)21-18(30-22)5-2-6-19(21)31-23(24)25/h2-10,12,22-23H,11,13H2,1H3,(H2,26,27,28). The van der Waals surface area contributed by atoms with Crippen LogP contribution in [0.2, 0.25) is 0 Å². The molecular formula is C23H21F2NO5S2. The number of benzene rings is 2. The molecule has 0 spiro atoms. The summed E-state index contributed by atoms with van der Waals surface area (Å²) >= 11 is 1.50. The topological polar surface area (TPSA) is 87.8 Å². The van der Waals surface area contributed by atoms with Crippen molar-refractivity contribution in [3.05, 3.63) is 75.5 Å². The van der Waals surface area contributed by atoms with Gasteiger partial charge >= 0.3 is 6.61 Å². The summed E-state index contributed by atoms with van der Waals surface area (Å²) < 4.78 is 65.4. The van der Waals surface area contributed by atoms with Gasteiger partial charge in [-0.2, -0.15) is 8.78 Å². The number of hydrogen-bond acceptors (Lipinski definition) is 6. The van der Waals surface area contributed by atoms with Crippen LogP contribution in [0.1, 0.15) is 27.0 Å². The minimum absolute atomic E-state index is 0.0178. The van der Waals surface area contributed by atoms with Crippen molar-refractivity contribution < 1.29 is 31.4 Å². The first-order valence-corrected chi connectivity index (χ1v) is 12.4. The fraction of sp³-hybridized carbons (Fsp3) is 0.217. The Morgan fingerprint density at radius 3 is 2.76 bits per heavy atom. The van der Waals surface area contributed by atoms with Gasteiger partial charge in [0, 0.05) is 17.6 Å². The molecule has 33 heavy (non-hydrogen) atoms. The lowest BCUT2D eigenvalue weighted by Gasteiger charge is -2.30. The van der Waals surface area contributed by atoms with Crippen LogP contribution in [0, 0.1) is 0 Å². The zero-order valence-electron chi connectivity index (χ0n) is 17.5. The average molecular weight is 494 g/mol. The van der Waals surface area contributed by atoms with E-state index in [0.717, 1.165) is 9.75 Å². The van der Waals surface area contributed by atoms with Crippen LogP contribution in [0.25, 0.3) is 17.2 Å². The summed E-state index contributed by atoms with van der Waals surface area (Å²) in [6.07, 6.45) is 3.25. The molecule has 3 aromatic rings. The fourth-order valence-corrected chi connectivity index (χ4v) is 5.34. The molecular weight excluding hydrogens is 472 g/mol. The molecule has 0 fully saturated rings. The maximum atomic E-state index is 13.0. The van der Waals surface area contributed by atoms with Crippen molar-refractivity contribution in [3.63, 3.8) is 0 Å². The summed E-state index contributed by atoms with van der Waals surface area (Å²) in [7, 11) is -2.15. The average Bonchev–Trinajstić information content (AvgIpc) is 3.20. The Bertz CT molecular complexity index is 1290. The molecule has 0 saturated carbocycles. The van der Waals surface area contributed by atoms with Gasteiger partial charge in [0.2, 0.25) is 10.0 Å². The maximum Gasteiger partial charge on any atom is 0.387 e. The third-order valence-corrected chi connectivity index (χ3v) is 6.76. The van der Waals surface area contributed by atoms with Crippen LogP contribution in [-0.4, -0.2) is 28.7 Å². The number of alkyl halides is 2. The molecule has 0 bridgehead atoms. The Morgan fingerprint density at radius 2 is 2.03 bits per heavy atom. The number of rotatable bonds is 8. The largest absolute Gasteiger partial charge is 0.479 e. The first-order valence-electron chi connectivity index (χ1n) is 9.88. The number of thiophene rings is 1. The van der Waals surface area contributed by atoms with Gasteiger partial charge in [0.15, 0.2) is 6.10 Å². The van der Waals surface area contributed by atoms with Crippen LogP contribution in [0.4, 0.5) is 8.78 Å². The van der Waals surface area contributed by atoms with E-state index in [1.807, 2.05) is 24.3 Å². The summed E-state index contributed by atoms with van der Waals surface area (Å²) in [6.45, 7) is -2.52. The summed E-state index contributed by atoms with van der Waals surface area (Å²) in [5, 5.41) is 5.23. The van der Waals surface area contributed by atoms with Crippen LogP contribution in [0.15, 0.2) is 54.6 Å². The Labute approximate surface area is 194 Å². The lowest BCUT2D eigenvalue weighted by molar-refractivity contribution is -0.0496. The molecule has 2 aromatic carbocycles. The summed E-state index contributed by atoms with van der Waals surface area (Å²) in [4.78, 5) is 1.85. The minimum atomic E-state index is -3.76. The Balaban J connectivity index is 1.82. The van der Waals surface area contributed by atoms with Gasteiger partial charge in [-0.15, -0.1) is 11.3 Å². The normalized spacial score (nSPS) is 15.4. The monoisotopic (exact) mass is 493 g/mol. The van der Waals surface area contributed by atoms with Gasteiger partial charge in [-0.3, -0.25) is 0 Å². The molecule has 0 radical (unpaired) electrons. The van der Waals surface area contributed by atoms with Gasteiger partial charge < -0.3 is 14.2 Å². The molecule has 0 amide bonds. The zero-order valence-corrected chi connectivity index (χ0v) is 19.2. The highest BCUT2D eigenvalue weighted by Gasteiger charge is 2.31. The van der Waals surface area contributed by atoms with Crippen molar-refractivity contribution in [2.24, 2.45) is 5.14 Å². The molecule has 1 aliphatic heterocycles. The predicted molar refractivity (Wildman–Crippen MR) is 123 cm³/mol. The second-order valence-corrected chi connectivity index (χ2v) is 10.1. The molecule has 0 saturated heterocycles. The van der Waals surface area contributed by atoms with Crippen LogP contribution in [0.3, 0.4) is 0 Å². The molecule has 1 unspecified atom stereocenters. The van der Waals surface area contributed by atoms with Gasteiger partial charge in [0.25, 0.3) is 0 Å². The fourth-order valence-electron chi connectivity index (χ4n) is 3.71. The highest BCUT2D eigenvalue weighted by atomic mass is 32.2. The summed E-state index contributed by atoms with van der Waals surface area (Å²) in [5.74, 6) is 0.0234. The Kier molecular flexibility index (Phi) is 6.80. The molecule has 1 aliphatic rings. The first-order chi connectivity index (χ1) is 15.7. The smallest absolute Gasteiger partial charge is 0.387 e. The third-order valence-electron chi connectivity index (χ3n) is 4.94. The molecule has 10 heteroatoms. The zero-order chi connectivity index (χ0) is 23.6. The van der Waals surface area contributed by atoms with E-state index >= 15 is 0 Å². The molecule has 2 N–H and O–H groups in total. The summed E-state index contributed by atoms with van der Waals surface area (Å²) in [6, 6.07) is 13.6. The van der Waals surface area contributed by atoms with Crippen LogP contribution in [-0.2, 0) is 20.5 Å². The first kappa shape index (κ1) is 23.4. The number of sulfonamides is 1. The van der Waals surface area contributed by atoms with E-state index in [9.17, 15) is 17.2 Å². The molecule has 6 nitrogen and oxygen atoms in total. The molecule has 1 atom stereocenters. The number of nitrogens with two attached hydrogens (primary N) is 1. The van der Waals surface area contributed by atoms with Crippen molar-refractivity contribution in [3.8, 4) is 22.6 Å². The van der Waals surface area contributed by atoms with Crippen molar-refractivity contribution in [1.82, 2.24) is 0 Å². The number of primary sulfonamides is 1. The Morgan fingerprint density at radius 1 is 1.21 bits per heavy atom. The molecule has 2 heterocycles. The van der Waals surface area contributed by atoms with E-state index in [-0.39, 0.29) is 11.5 Å². The highest BCUT2D eigenvalue weighted by molar-refractivity contribution is 7.88. The van der Waals surface area contributed by atoms with Crippen molar-refractivity contribution in [2.75, 3.05) is 13.7 Å². The van der Waals surface area contributed by atoms with Crippen LogP contribution >= 0.6 is 11.3 Å². The molecule has 0 aliphatic carbocycles. The number of halogens is 2. The molecule has 174 valence electrons. The van der Waals surface area contributed by atoms with Gasteiger partial charge in [0.05, 0.1) is 22.8 Å². The number of fused-ring (bicyclic) bond motifs is 3. The van der Waals surface area contributed by atoms with Crippen molar-refractivity contribution in [1.29, 1.82) is 0 Å². The van der Waals surface area contributed by atoms with Crippen molar-refractivity contribution in [2.45, 2.75) is 18.5 Å². The minimum Gasteiger partial charge on any atom is -0.479 e. The second-order valence-electron chi connectivity index (χ2n) is 7.33. The number of hydrogen-bond donors (Lipinski definition) is 1. The van der Waals surface area contributed by atoms with Crippen LogP contribution in [0.5, 0.6) is 11.5 Å². The van der Waals surface area contributed by atoms with Gasteiger partial charge in [-0.05, 0) is 41.5 Å². The Hall–Kier alpha value is -2.79.